The van der Waals surface area contributed by atoms with E-state index in [9.17, 15) is 8.42 Å². The van der Waals surface area contributed by atoms with Gasteiger partial charge in [-0.1, -0.05) is 6.07 Å². The van der Waals surface area contributed by atoms with Crippen LogP contribution in [0.15, 0.2) is 29.2 Å². The summed E-state index contributed by atoms with van der Waals surface area (Å²) >= 11 is 1.50. The van der Waals surface area contributed by atoms with Crippen molar-refractivity contribution in [3.05, 3.63) is 24.3 Å². The Labute approximate surface area is 114 Å². The molecule has 2 N–H and O–H groups in total. The number of nitrogen functional groups attached to an aromatic ring is 1. The molecule has 0 saturated heterocycles. The van der Waals surface area contributed by atoms with Crippen LogP contribution in [0, 0.1) is 0 Å². The van der Waals surface area contributed by atoms with E-state index >= 15 is 0 Å². The van der Waals surface area contributed by atoms with Crippen molar-refractivity contribution >= 4 is 27.5 Å². The summed E-state index contributed by atoms with van der Waals surface area (Å²) < 4.78 is 25.2. The minimum absolute atomic E-state index is 0.00707. The van der Waals surface area contributed by atoms with E-state index in [0.717, 1.165) is 4.90 Å². The molecule has 0 atom stereocenters. The van der Waals surface area contributed by atoms with Crippen LogP contribution in [-0.4, -0.2) is 37.3 Å². The minimum atomic E-state index is -3.16. The summed E-state index contributed by atoms with van der Waals surface area (Å²) in [5.74, 6) is 0.671. The average molecular weight is 288 g/mol. The van der Waals surface area contributed by atoms with E-state index in [1.165, 1.54) is 16.1 Å². The number of rotatable bonds is 6. The van der Waals surface area contributed by atoms with Crippen molar-refractivity contribution in [2.45, 2.75) is 24.8 Å². The Hall–Kier alpha value is -0.720. The number of sulfonamides is 1. The second-order valence-corrected chi connectivity index (χ2v) is 7.66. The number of hydrogen-bond acceptors (Lipinski definition) is 4. The van der Waals surface area contributed by atoms with Crippen molar-refractivity contribution in [1.82, 2.24) is 4.31 Å². The molecule has 0 radical (unpaired) electrons. The molecule has 0 unspecified atom stereocenters. The summed E-state index contributed by atoms with van der Waals surface area (Å²) in [4.78, 5) is 0.998. The highest BCUT2D eigenvalue weighted by Crippen LogP contribution is 2.20. The zero-order chi connectivity index (χ0) is 13.8. The highest BCUT2D eigenvalue weighted by Gasteiger charge is 2.19. The van der Waals surface area contributed by atoms with Gasteiger partial charge >= 0.3 is 0 Å². The van der Waals surface area contributed by atoms with Crippen LogP contribution in [0.3, 0.4) is 0 Å². The predicted molar refractivity (Wildman–Crippen MR) is 78.3 cm³/mol. The van der Waals surface area contributed by atoms with Crippen LogP contribution < -0.4 is 5.73 Å². The fourth-order valence-corrected chi connectivity index (χ4v) is 4.07. The number of benzene rings is 1. The monoisotopic (exact) mass is 288 g/mol. The molecule has 0 bridgehead atoms. The van der Waals surface area contributed by atoms with Crippen molar-refractivity contribution in [2.75, 3.05) is 24.3 Å². The lowest BCUT2D eigenvalue weighted by atomic mass is 10.3. The number of anilines is 1. The zero-order valence-electron chi connectivity index (χ0n) is 11.0. The second-order valence-electron chi connectivity index (χ2n) is 4.35. The molecule has 0 saturated carbocycles. The zero-order valence-corrected chi connectivity index (χ0v) is 12.6. The number of thioether (sulfide) groups is 1. The molecule has 0 fully saturated rings. The molecular formula is C12H20N2O2S2. The molecule has 0 aliphatic carbocycles. The van der Waals surface area contributed by atoms with Gasteiger partial charge in [-0.25, -0.2) is 12.7 Å². The molecule has 0 aliphatic rings. The van der Waals surface area contributed by atoms with E-state index < -0.39 is 10.0 Å². The first kappa shape index (κ1) is 15.3. The maximum atomic E-state index is 11.9. The normalized spacial score (nSPS) is 12.3. The van der Waals surface area contributed by atoms with E-state index in [1.807, 2.05) is 38.1 Å². The largest absolute Gasteiger partial charge is 0.399 e. The molecule has 102 valence electrons. The van der Waals surface area contributed by atoms with E-state index in [-0.39, 0.29) is 11.8 Å². The van der Waals surface area contributed by atoms with E-state index in [1.54, 1.807) is 7.05 Å². The van der Waals surface area contributed by atoms with Gasteiger partial charge in [0.25, 0.3) is 0 Å². The quantitative estimate of drug-likeness (QED) is 0.642. The number of hydrogen-bond donors (Lipinski definition) is 1. The van der Waals surface area contributed by atoms with Crippen LogP contribution in [0.2, 0.25) is 0 Å². The van der Waals surface area contributed by atoms with Gasteiger partial charge in [0.2, 0.25) is 10.0 Å². The Balaban J connectivity index is 2.52. The Morgan fingerprint density at radius 3 is 2.61 bits per heavy atom. The first-order valence-corrected chi connectivity index (χ1v) is 8.36. The summed E-state index contributed by atoms with van der Waals surface area (Å²) in [6, 6.07) is 7.45. The maximum absolute atomic E-state index is 11.9. The van der Waals surface area contributed by atoms with Gasteiger partial charge < -0.3 is 5.73 Å². The molecule has 0 aliphatic heterocycles. The van der Waals surface area contributed by atoms with Crippen molar-refractivity contribution in [3.63, 3.8) is 0 Å². The highest BCUT2D eigenvalue weighted by molar-refractivity contribution is 8.00. The van der Waals surface area contributed by atoms with E-state index in [4.69, 9.17) is 5.73 Å². The van der Waals surface area contributed by atoms with Gasteiger partial charge in [0.05, 0.1) is 5.75 Å². The van der Waals surface area contributed by atoms with Gasteiger partial charge in [0, 0.05) is 29.4 Å². The van der Waals surface area contributed by atoms with Crippen LogP contribution in [0.5, 0.6) is 0 Å². The smallest absolute Gasteiger partial charge is 0.214 e. The second kappa shape index (κ2) is 6.45. The summed E-state index contributed by atoms with van der Waals surface area (Å²) in [5.41, 5.74) is 6.36. The molecule has 1 aromatic rings. The van der Waals surface area contributed by atoms with Gasteiger partial charge in [-0.3, -0.25) is 0 Å². The third-order valence-corrected chi connectivity index (χ3v) is 5.91. The Morgan fingerprint density at radius 1 is 1.39 bits per heavy atom. The highest BCUT2D eigenvalue weighted by atomic mass is 32.2. The standard InChI is InChI=1S/C12H20N2O2S2/c1-10(2)14(3)18(15,16)8-7-17-12-6-4-5-11(13)9-12/h4-6,9-10H,7-8,13H2,1-3H3. The molecule has 0 heterocycles. The molecule has 1 rings (SSSR count). The average Bonchev–Trinajstić information content (AvgIpc) is 2.27. The molecule has 0 spiro atoms. The topological polar surface area (TPSA) is 63.4 Å². The van der Waals surface area contributed by atoms with E-state index in [0.29, 0.717) is 11.4 Å². The lowest BCUT2D eigenvalue weighted by Gasteiger charge is -2.20. The summed E-state index contributed by atoms with van der Waals surface area (Å²) in [6.07, 6.45) is 0. The summed E-state index contributed by atoms with van der Waals surface area (Å²) in [5, 5.41) is 0. The van der Waals surface area contributed by atoms with Crippen LogP contribution in [0.4, 0.5) is 5.69 Å². The van der Waals surface area contributed by atoms with Crippen molar-refractivity contribution in [1.29, 1.82) is 0 Å². The van der Waals surface area contributed by atoms with Gasteiger partial charge in [-0.2, -0.15) is 0 Å². The summed E-state index contributed by atoms with van der Waals surface area (Å²) in [6.45, 7) is 3.73. The first-order valence-electron chi connectivity index (χ1n) is 5.77. The van der Waals surface area contributed by atoms with Gasteiger partial charge in [0.1, 0.15) is 0 Å². The molecule has 6 heteroatoms. The maximum Gasteiger partial charge on any atom is 0.214 e. The summed E-state index contributed by atoms with van der Waals surface area (Å²) in [7, 11) is -1.54. The van der Waals surface area contributed by atoms with Gasteiger partial charge in [-0.05, 0) is 32.0 Å². The fraction of sp³-hybridized carbons (Fsp3) is 0.500. The lowest BCUT2D eigenvalue weighted by Crippen LogP contribution is -2.35. The Kier molecular flexibility index (Phi) is 5.49. The third kappa shape index (κ3) is 4.51. The van der Waals surface area contributed by atoms with Gasteiger partial charge in [0.15, 0.2) is 0 Å². The molecule has 1 aromatic carbocycles. The van der Waals surface area contributed by atoms with Crippen LogP contribution in [0.25, 0.3) is 0 Å². The molecule has 0 aromatic heterocycles. The SMILES string of the molecule is CC(C)N(C)S(=O)(=O)CCSc1cccc(N)c1. The van der Waals surface area contributed by atoms with Gasteiger partial charge in [-0.15, -0.1) is 11.8 Å². The minimum Gasteiger partial charge on any atom is -0.399 e. The lowest BCUT2D eigenvalue weighted by molar-refractivity contribution is 0.411. The molecule has 18 heavy (non-hydrogen) atoms. The molecule has 0 amide bonds. The molecular weight excluding hydrogens is 268 g/mol. The predicted octanol–water partition coefficient (Wildman–Crippen LogP) is 2.03. The first-order chi connectivity index (χ1) is 8.33. The van der Waals surface area contributed by atoms with Crippen molar-refractivity contribution < 1.29 is 8.42 Å². The van der Waals surface area contributed by atoms with Crippen LogP contribution in [-0.2, 0) is 10.0 Å². The Bertz CT molecular complexity index is 487. The number of nitrogens with two attached hydrogens (primary N) is 1. The van der Waals surface area contributed by atoms with Crippen LogP contribution >= 0.6 is 11.8 Å². The van der Waals surface area contributed by atoms with E-state index in [2.05, 4.69) is 0 Å². The van der Waals surface area contributed by atoms with Crippen molar-refractivity contribution in [3.8, 4) is 0 Å². The Morgan fingerprint density at radius 2 is 2.06 bits per heavy atom. The molecule has 4 nitrogen and oxygen atoms in total. The fourth-order valence-electron chi connectivity index (χ4n) is 1.33. The third-order valence-electron chi connectivity index (χ3n) is 2.63. The van der Waals surface area contributed by atoms with Crippen LogP contribution in [0.1, 0.15) is 13.8 Å². The van der Waals surface area contributed by atoms with Crippen molar-refractivity contribution in [2.24, 2.45) is 0 Å². The number of nitrogens with zero attached hydrogens (tertiary/aromatic N) is 1.